The Morgan fingerprint density at radius 3 is 2.76 bits per heavy atom. The fourth-order valence-electron chi connectivity index (χ4n) is 2.68. The average Bonchev–Trinajstić information content (AvgIpc) is 3.34. The highest BCUT2D eigenvalue weighted by Gasteiger charge is 2.14. The second-order valence-electron chi connectivity index (χ2n) is 5.70. The molecule has 0 bridgehead atoms. The zero-order chi connectivity index (χ0) is 17.1. The Kier molecular flexibility index (Phi) is 4.23. The summed E-state index contributed by atoms with van der Waals surface area (Å²) in [5, 5.41) is 9.52. The highest BCUT2D eigenvalue weighted by molar-refractivity contribution is 7.13. The number of benzene rings is 1. The van der Waals surface area contributed by atoms with Gasteiger partial charge in [0.15, 0.2) is 12.4 Å². The van der Waals surface area contributed by atoms with Gasteiger partial charge in [-0.2, -0.15) is 9.67 Å². The first kappa shape index (κ1) is 15.5. The van der Waals surface area contributed by atoms with Crippen LogP contribution in [0.5, 0.6) is 0 Å². The molecule has 4 nitrogen and oxygen atoms in total. The molecule has 4 aromatic rings. The zero-order valence-corrected chi connectivity index (χ0v) is 14.2. The lowest BCUT2D eigenvalue weighted by atomic mass is 10.1. The second kappa shape index (κ2) is 6.83. The van der Waals surface area contributed by atoms with Crippen molar-refractivity contribution in [1.29, 1.82) is 0 Å². The van der Waals surface area contributed by atoms with E-state index >= 15 is 0 Å². The van der Waals surface area contributed by atoms with Gasteiger partial charge in [-0.15, -0.1) is 11.3 Å². The smallest absolute Gasteiger partial charge is 0.227 e. The Bertz CT molecular complexity index is 991. The van der Waals surface area contributed by atoms with Crippen LogP contribution in [0.15, 0.2) is 78.4 Å². The SMILES string of the molecule is O=C(C[n+]1cccc(-c2cc(-c3cccs3)[nH]n2)c1)c1ccccc1. The number of carbonyl (C=O) groups excluding carboxylic acids is 1. The van der Waals surface area contributed by atoms with Gasteiger partial charge in [0.25, 0.3) is 0 Å². The minimum atomic E-state index is 0.0871. The lowest BCUT2D eigenvalue weighted by Crippen LogP contribution is -2.37. The monoisotopic (exact) mass is 346 g/mol. The second-order valence-corrected chi connectivity index (χ2v) is 6.65. The maximum absolute atomic E-state index is 12.4. The quantitative estimate of drug-likeness (QED) is 0.439. The van der Waals surface area contributed by atoms with Gasteiger partial charge in [0.05, 0.1) is 21.8 Å². The number of nitrogens with one attached hydrogen (secondary N) is 1. The lowest BCUT2D eigenvalue weighted by Gasteiger charge is -1.99. The van der Waals surface area contributed by atoms with Gasteiger partial charge in [0.2, 0.25) is 12.3 Å². The maximum Gasteiger partial charge on any atom is 0.227 e. The predicted molar refractivity (Wildman–Crippen MR) is 98.3 cm³/mol. The van der Waals surface area contributed by atoms with Crippen LogP contribution in [-0.4, -0.2) is 16.0 Å². The van der Waals surface area contributed by atoms with Crippen molar-refractivity contribution < 1.29 is 9.36 Å². The molecule has 1 aromatic carbocycles. The molecular weight excluding hydrogens is 330 g/mol. The molecule has 0 fully saturated rings. The topological polar surface area (TPSA) is 49.6 Å². The molecule has 0 atom stereocenters. The van der Waals surface area contributed by atoms with Gasteiger partial charge in [-0.3, -0.25) is 9.89 Å². The molecule has 0 unspecified atom stereocenters. The number of carbonyl (C=O) groups is 1. The van der Waals surface area contributed by atoms with Crippen LogP contribution in [0.25, 0.3) is 21.8 Å². The summed E-state index contributed by atoms with van der Waals surface area (Å²) in [6.45, 7) is 0.306. The number of aromatic nitrogens is 3. The molecule has 0 spiro atoms. The Morgan fingerprint density at radius 2 is 1.96 bits per heavy atom. The number of aromatic amines is 1. The summed E-state index contributed by atoms with van der Waals surface area (Å²) in [4.78, 5) is 13.5. The summed E-state index contributed by atoms with van der Waals surface area (Å²) in [7, 11) is 0. The zero-order valence-electron chi connectivity index (χ0n) is 13.4. The molecule has 1 N–H and O–H groups in total. The van der Waals surface area contributed by atoms with Crippen LogP contribution in [0.4, 0.5) is 0 Å². The number of hydrogen-bond acceptors (Lipinski definition) is 3. The third-order valence-corrected chi connectivity index (χ3v) is 4.84. The first-order valence-electron chi connectivity index (χ1n) is 7.96. The number of pyridine rings is 1. The maximum atomic E-state index is 12.4. The van der Waals surface area contributed by atoms with Crippen molar-refractivity contribution in [2.75, 3.05) is 0 Å². The normalized spacial score (nSPS) is 10.7. The molecule has 3 aromatic heterocycles. The minimum absolute atomic E-state index is 0.0871. The minimum Gasteiger partial charge on any atom is -0.287 e. The number of rotatable bonds is 5. The van der Waals surface area contributed by atoms with E-state index < -0.39 is 0 Å². The van der Waals surface area contributed by atoms with E-state index in [1.807, 2.05) is 76.9 Å². The van der Waals surface area contributed by atoms with Crippen LogP contribution in [0, 0.1) is 0 Å². The van der Waals surface area contributed by atoms with Crippen LogP contribution in [0.1, 0.15) is 10.4 Å². The fraction of sp³-hybridized carbons (Fsp3) is 0.0500. The number of hydrogen-bond donors (Lipinski definition) is 1. The molecule has 0 aliphatic heterocycles. The summed E-state index contributed by atoms with van der Waals surface area (Å²) >= 11 is 1.67. The van der Waals surface area contributed by atoms with E-state index in [1.165, 1.54) is 0 Å². The van der Waals surface area contributed by atoms with Crippen molar-refractivity contribution in [3.8, 4) is 21.8 Å². The van der Waals surface area contributed by atoms with Crippen LogP contribution >= 0.6 is 11.3 Å². The molecule has 3 heterocycles. The number of thiophene rings is 1. The number of Topliss-reactive ketones (excluding diaryl/α,β-unsaturated/α-hetero) is 1. The average molecular weight is 346 g/mol. The Hall–Kier alpha value is -3.05. The van der Waals surface area contributed by atoms with Gasteiger partial charge in [0.1, 0.15) is 0 Å². The summed E-state index contributed by atoms with van der Waals surface area (Å²) in [6.07, 6.45) is 3.85. The van der Waals surface area contributed by atoms with Crippen molar-refractivity contribution in [2.24, 2.45) is 0 Å². The first-order chi connectivity index (χ1) is 12.3. The molecule has 0 radical (unpaired) electrons. The summed E-state index contributed by atoms with van der Waals surface area (Å²) in [5.41, 5.74) is 3.56. The van der Waals surface area contributed by atoms with Crippen molar-refractivity contribution in [3.05, 3.63) is 84.0 Å². The third-order valence-electron chi connectivity index (χ3n) is 3.94. The first-order valence-corrected chi connectivity index (χ1v) is 8.84. The van der Waals surface area contributed by atoms with Gasteiger partial charge < -0.3 is 0 Å². The molecule has 122 valence electrons. The van der Waals surface area contributed by atoms with Crippen molar-refractivity contribution in [3.63, 3.8) is 0 Å². The van der Waals surface area contributed by atoms with E-state index in [0.29, 0.717) is 6.54 Å². The predicted octanol–water partition coefficient (Wildman–Crippen LogP) is 3.98. The molecule has 0 aliphatic rings. The van der Waals surface area contributed by atoms with Crippen molar-refractivity contribution in [1.82, 2.24) is 10.2 Å². The highest BCUT2D eigenvalue weighted by Crippen LogP contribution is 2.26. The van der Waals surface area contributed by atoms with Gasteiger partial charge in [-0.25, -0.2) is 0 Å². The number of nitrogens with zero attached hydrogens (tertiary/aromatic N) is 2. The van der Waals surface area contributed by atoms with Crippen molar-refractivity contribution >= 4 is 17.1 Å². The van der Waals surface area contributed by atoms with E-state index in [-0.39, 0.29) is 5.78 Å². The molecule has 0 amide bonds. The number of H-pyrrole nitrogens is 1. The summed E-state index contributed by atoms with van der Waals surface area (Å²) in [5.74, 6) is 0.0871. The molecule has 4 rings (SSSR count). The van der Waals surface area contributed by atoms with E-state index in [4.69, 9.17) is 0 Å². The molecule has 25 heavy (non-hydrogen) atoms. The van der Waals surface area contributed by atoms with Gasteiger partial charge in [-0.1, -0.05) is 36.4 Å². The summed E-state index contributed by atoms with van der Waals surface area (Å²) in [6, 6.07) is 19.4. The standard InChI is InChI=1S/C20H16N3OS/c24-19(15-6-2-1-3-7-15)14-23-10-4-8-16(13-23)17-12-18(22-21-17)20-9-5-11-25-20/h1-13H,14H2,(H,21,22)/q+1. The van der Waals surface area contributed by atoms with Gasteiger partial charge >= 0.3 is 0 Å². The summed E-state index contributed by atoms with van der Waals surface area (Å²) < 4.78 is 1.89. The Labute approximate surface area is 149 Å². The van der Waals surface area contributed by atoms with Crippen LogP contribution in [0.2, 0.25) is 0 Å². The van der Waals surface area contributed by atoms with Gasteiger partial charge in [-0.05, 0) is 23.6 Å². The van der Waals surface area contributed by atoms with Gasteiger partial charge in [0, 0.05) is 11.6 Å². The fourth-order valence-corrected chi connectivity index (χ4v) is 3.37. The molecule has 5 heteroatoms. The van der Waals surface area contributed by atoms with E-state index in [1.54, 1.807) is 11.3 Å². The Morgan fingerprint density at radius 1 is 1.08 bits per heavy atom. The van der Waals surface area contributed by atoms with Crippen LogP contribution in [-0.2, 0) is 6.54 Å². The highest BCUT2D eigenvalue weighted by atomic mass is 32.1. The molecular formula is C20H16N3OS+. The van der Waals surface area contributed by atoms with Crippen LogP contribution in [0.3, 0.4) is 0 Å². The van der Waals surface area contributed by atoms with E-state index in [9.17, 15) is 4.79 Å². The third kappa shape index (κ3) is 3.41. The number of ketones is 1. The Balaban J connectivity index is 1.57. The molecule has 0 saturated heterocycles. The van der Waals surface area contributed by atoms with Crippen molar-refractivity contribution in [2.45, 2.75) is 6.54 Å². The molecule has 0 saturated carbocycles. The largest absolute Gasteiger partial charge is 0.287 e. The van der Waals surface area contributed by atoms with E-state index in [2.05, 4.69) is 16.3 Å². The van der Waals surface area contributed by atoms with E-state index in [0.717, 1.165) is 27.4 Å². The lowest BCUT2D eigenvalue weighted by molar-refractivity contribution is -0.682. The molecule has 0 aliphatic carbocycles. The van der Waals surface area contributed by atoms with Crippen LogP contribution < -0.4 is 4.57 Å².